The Labute approximate surface area is 248 Å². The third-order valence-electron chi connectivity index (χ3n) is 7.38. The van der Waals surface area contributed by atoms with Crippen molar-refractivity contribution in [1.29, 1.82) is 0 Å². The molecule has 0 radical (unpaired) electrons. The Morgan fingerprint density at radius 1 is 1.16 bits per heavy atom. The van der Waals surface area contributed by atoms with Gasteiger partial charge in [0.2, 0.25) is 0 Å². The Kier molecular flexibility index (Phi) is 7.95. The number of aliphatic carboxylic acids is 1. The summed E-state index contributed by atoms with van der Waals surface area (Å²) < 4.78 is 42.0. The fourth-order valence-electron chi connectivity index (χ4n) is 5.43. The average molecular weight is 593 g/mol. The molecule has 1 amide bonds. The molecule has 2 aromatic heterocycles. The molecular formula is C32H34F2N4O5. The van der Waals surface area contributed by atoms with Crippen LogP contribution in [0.4, 0.5) is 8.78 Å². The van der Waals surface area contributed by atoms with E-state index in [1.165, 1.54) is 33.7 Å². The smallest absolute Gasteiger partial charge is 0.337 e. The van der Waals surface area contributed by atoms with Gasteiger partial charge in [0.25, 0.3) is 5.91 Å². The molecule has 0 saturated heterocycles. The number of halogens is 2. The van der Waals surface area contributed by atoms with Crippen molar-refractivity contribution in [3.63, 3.8) is 0 Å². The standard InChI is InChI=1S/C32H34F2N4O5/c1-17-21-8-7-13-42-28(21)23(34)14-22(17)27-26(29(31(40)41)43-32(3,4)5)18(2)35-25-15-24(36-38(25)27)30(39)37(6)16-19-9-11-20(33)12-10-19/h9-12,14-15,29H,7-8,13,16H2,1-6H3,(H,40,41). The van der Waals surface area contributed by atoms with Crippen LogP contribution in [0.1, 0.15) is 71.7 Å². The van der Waals surface area contributed by atoms with Gasteiger partial charge in [-0.15, -0.1) is 0 Å². The number of ether oxygens (including phenoxy) is 2. The molecule has 2 aromatic carbocycles. The lowest BCUT2D eigenvalue weighted by Crippen LogP contribution is -2.29. The molecule has 11 heteroatoms. The molecule has 0 aliphatic carbocycles. The van der Waals surface area contributed by atoms with E-state index in [0.717, 1.165) is 5.56 Å². The van der Waals surface area contributed by atoms with E-state index < -0.39 is 29.4 Å². The molecule has 0 saturated carbocycles. The first-order valence-corrected chi connectivity index (χ1v) is 14.0. The van der Waals surface area contributed by atoms with Gasteiger partial charge < -0.3 is 19.5 Å². The second kappa shape index (κ2) is 11.4. The number of amides is 1. The van der Waals surface area contributed by atoms with Crippen molar-refractivity contribution < 1.29 is 33.0 Å². The van der Waals surface area contributed by atoms with Crippen molar-refractivity contribution >= 4 is 17.5 Å². The SMILES string of the molecule is Cc1nc2cc(C(=O)N(C)Cc3ccc(F)cc3)nn2c(-c2cc(F)c3c(c2C)CCCO3)c1C(OC(C)(C)C)C(=O)O. The lowest BCUT2D eigenvalue weighted by Gasteiger charge is -2.28. The van der Waals surface area contributed by atoms with Gasteiger partial charge in [-0.05, 0) is 76.8 Å². The molecule has 1 unspecified atom stereocenters. The number of fused-ring (bicyclic) bond motifs is 2. The van der Waals surface area contributed by atoms with Crippen molar-refractivity contribution in [2.24, 2.45) is 0 Å². The van der Waals surface area contributed by atoms with Crippen LogP contribution in [0.2, 0.25) is 0 Å². The van der Waals surface area contributed by atoms with Gasteiger partial charge in [0, 0.05) is 42.0 Å². The highest BCUT2D eigenvalue weighted by Crippen LogP contribution is 2.41. The van der Waals surface area contributed by atoms with Crippen LogP contribution >= 0.6 is 0 Å². The monoisotopic (exact) mass is 592 g/mol. The summed E-state index contributed by atoms with van der Waals surface area (Å²) in [4.78, 5) is 32.2. The van der Waals surface area contributed by atoms with Crippen molar-refractivity contribution in [3.05, 3.63) is 81.7 Å². The van der Waals surface area contributed by atoms with E-state index >= 15 is 4.39 Å². The highest BCUT2D eigenvalue weighted by atomic mass is 19.1. The molecule has 0 spiro atoms. The first kappa shape index (κ1) is 30.1. The first-order valence-electron chi connectivity index (χ1n) is 14.0. The number of benzene rings is 2. The van der Waals surface area contributed by atoms with Gasteiger partial charge in [-0.2, -0.15) is 5.10 Å². The molecule has 1 N–H and O–H groups in total. The molecule has 4 aromatic rings. The van der Waals surface area contributed by atoms with E-state index in [2.05, 4.69) is 10.1 Å². The molecule has 5 rings (SSSR count). The van der Waals surface area contributed by atoms with E-state index in [0.29, 0.717) is 41.8 Å². The largest absolute Gasteiger partial charge is 0.490 e. The van der Waals surface area contributed by atoms with Crippen LogP contribution in [0.25, 0.3) is 16.9 Å². The van der Waals surface area contributed by atoms with Gasteiger partial charge in [-0.3, -0.25) is 4.79 Å². The number of hydrogen-bond donors (Lipinski definition) is 1. The second-order valence-electron chi connectivity index (χ2n) is 11.8. The van der Waals surface area contributed by atoms with E-state index in [9.17, 15) is 19.1 Å². The van der Waals surface area contributed by atoms with Gasteiger partial charge in [-0.1, -0.05) is 12.1 Å². The minimum absolute atomic E-state index is 0.0537. The molecule has 0 bridgehead atoms. The summed E-state index contributed by atoms with van der Waals surface area (Å²) in [6, 6.07) is 8.66. The number of carboxylic acids is 1. The molecule has 43 heavy (non-hydrogen) atoms. The summed E-state index contributed by atoms with van der Waals surface area (Å²) in [7, 11) is 1.60. The second-order valence-corrected chi connectivity index (χ2v) is 11.8. The number of carbonyl (C=O) groups excluding carboxylic acids is 1. The predicted octanol–water partition coefficient (Wildman–Crippen LogP) is 5.83. The van der Waals surface area contributed by atoms with Crippen LogP contribution in [-0.2, 0) is 22.5 Å². The third-order valence-corrected chi connectivity index (χ3v) is 7.38. The summed E-state index contributed by atoms with van der Waals surface area (Å²) >= 11 is 0. The summed E-state index contributed by atoms with van der Waals surface area (Å²) in [6.45, 7) is 9.33. The normalized spacial score (nSPS) is 13.9. The number of carbonyl (C=O) groups is 2. The van der Waals surface area contributed by atoms with Crippen molar-refractivity contribution in [2.45, 2.75) is 65.7 Å². The first-order chi connectivity index (χ1) is 20.2. The maximum Gasteiger partial charge on any atom is 0.337 e. The minimum atomic E-state index is -1.47. The number of rotatable bonds is 7. The van der Waals surface area contributed by atoms with Gasteiger partial charge >= 0.3 is 5.97 Å². The topological polar surface area (TPSA) is 106 Å². The molecule has 9 nitrogen and oxygen atoms in total. The number of carboxylic acid groups (broad SMARTS) is 1. The zero-order valence-corrected chi connectivity index (χ0v) is 25.0. The highest BCUT2D eigenvalue weighted by Gasteiger charge is 2.35. The van der Waals surface area contributed by atoms with Crippen LogP contribution in [0, 0.1) is 25.5 Å². The Balaban J connectivity index is 1.72. The van der Waals surface area contributed by atoms with Crippen LogP contribution in [0.5, 0.6) is 5.75 Å². The quantitative estimate of drug-likeness (QED) is 0.288. The number of aromatic nitrogens is 3. The molecule has 0 fully saturated rings. The van der Waals surface area contributed by atoms with Crippen LogP contribution in [0.15, 0.2) is 36.4 Å². The number of nitrogens with zero attached hydrogens (tertiary/aromatic N) is 4. The fraction of sp³-hybridized carbons (Fsp3) is 0.375. The number of aryl methyl sites for hydroxylation is 1. The Morgan fingerprint density at radius 3 is 2.51 bits per heavy atom. The Morgan fingerprint density at radius 2 is 1.86 bits per heavy atom. The Bertz CT molecular complexity index is 1730. The third kappa shape index (κ3) is 5.94. The van der Waals surface area contributed by atoms with Gasteiger partial charge in [-0.25, -0.2) is 23.1 Å². The molecule has 1 aliphatic rings. The van der Waals surface area contributed by atoms with E-state index in [1.54, 1.807) is 46.9 Å². The summed E-state index contributed by atoms with van der Waals surface area (Å²) in [6.07, 6.45) is -0.169. The summed E-state index contributed by atoms with van der Waals surface area (Å²) in [5.74, 6) is -2.44. The molecule has 1 atom stereocenters. The molecule has 1 aliphatic heterocycles. The zero-order valence-electron chi connectivity index (χ0n) is 25.0. The van der Waals surface area contributed by atoms with Gasteiger partial charge in [0.15, 0.2) is 29.0 Å². The lowest BCUT2D eigenvalue weighted by molar-refractivity contribution is -0.160. The lowest BCUT2D eigenvalue weighted by atomic mass is 9.91. The average Bonchev–Trinajstić information content (AvgIpc) is 3.37. The van der Waals surface area contributed by atoms with Crippen molar-refractivity contribution in [1.82, 2.24) is 19.5 Å². The molecular weight excluding hydrogens is 558 g/mol. The predicted molar refractivity (Wildman–Crippen MR) is 155 cm³/mol. The van der Waals surface area contributed by atoms with Crippen LogP contribution in [-0.4, -0.2) is 55.7 Å². The van der Waals surface area contributed by atoms with E-state index in [-0.39, 0.29) is 40.7 Å². The van der Waals surface area contributed by atoms with E-state index in [4.69, 9.17) is 9.47 Å². The van der Waals surface area contributed by atoms with Gasteiger partial charge in [0.05, 0.1) is 17.9 Å². The summed E-state index contributed by atoms with van der Waals surface area (Å²) in [5.41, 5.74) is 2.83. The maximum atomic E-state index is 15.5. The summed E-state index contributed by atoms with van der Waals surface area (Å²) in [5, 5.41) is 14.9. The zero-order chi connectivity index (χ0) is 31.2. The van der Waals surface area contributed by atoms with Gasteiger partial charge in [0.1, 0.15) is 5.82 Å². The highest BCUT2D eigenvalue weighted by molar-refractivity contribution is 5.93. The molecule has 3 heterocycles. The van der Waals surface area contributed by atoms with Crippen LogP contribution in [0.3, 0.4) is 0 Å². The minimum Gasteiger partial charge on any atom is -0.490 e. The van der Waals surface area contributed by atoms with E-state index in [1.807, 2.05) is 6.92 Å². The van der Waals surface area contributed by atoms with Crippen molar-refractivity contribution in [3.8, 4) is 17.0 Å². The molecule has 226 valence electrons. The Hall–Kier alpha value is -4.38. The number of hydrogen-bond acceptors (Lipinski definition) is 6. The maximum absolute atomic E-state index is 15.5. The van der Waals surface area contributed by atoms with Crippen molar-refractivity contribution in [2.75, 3.05) is 13.7 Å². The fourth-order valence-corrected chi connectivity index (χ4v) is 5.43. The van der Waals surface area contributed by atoms with Crippen LogP contribution < -0.4 is 4.74 Å².